The van der Waals surface area contributed by atoms with E-state index >= 15 is 0 Å². The number of anilines is 1. The fourth-order valence-corrected chi connectivity index (χ4v) is 2.99. The highest BCUT2D eigenvalue weighted by Gasteiger charge is 2.28. The molecule has 1 atom stereocenters. The molecule has 0 saturated heterocycles. The average molecular weight is 428 g/mol. The summed E-state index contributed by atoms with van der Waals surface area (Å²) in [5, 5.41) is 12.6. The molecule has 0 aliphatic heterocycles. The van der Waals surface area contributed by atoms with E-state index in [1.807, 2.05) is 6.07 Å². The van der Waals surface area contributed by atoms with Crippen LogP contribution < -0.4 is 10.1 Å². The number of carbonyl (C=O) groups is 2. The first-order valence-corrected chi connectivity index (χ1v) is 9.25. The summed E-state index contributed by atoms with van der Waals surface area (Å²) >= 11 is 5.96. The number of furan rings is 1. The summed E-state index contributed by atoms with van der Waals surface area (Å²) in [6.45, 7) is 2.96. The van der Waals surface area contributed by atoms with Gasteiger partial charge in [-0.25, -0.2) is 4.79 Å². The van der Waals surface area contributed by atoms with Gasteiger partial charge in [0.05, 0.1) is 12.8 Å². The van der Waals surface area contributed by atoms with E-state index < -0.39 is 18.0 Å². The minimum Gasteiger partial charge on any atom is -0.495 e. The third kappa shape index (κ3) is 4.16. The molecule has 0 fully saturated rings. The SMILES string of the molecule is COc1ccc(Cl)cc1NC(=O)C(C)OC(=O)c1c(C)oc(-n2cccc2)c1C#N. The molecule has 3 rings (SSSR count). The number of hydrogen-bond acceptors (Lipinski definition) is 6. The minimum absolute atomic E-state index is 0.0258. The van der Waals surface area contributed by atoms with Gasteiger partial charge in [-0.1, -0.05) is 11.6 Å². The fourth-order valence-electron chi connectivity index (χ4n) is 2.82. The molecular weight excluding hydrogens is 410 g/mol. The number of hydrogen-bond donors (Lipinski definition) is 1. The predicted molar refractivity (Wildman–Crippen MR) is 109 cm³/mol. The molecule has 1 amide bonds. The number of nitrogens with one attached hydrogen (secondary N) is 1. The fraction of sp³-hybridized carbons (Fsp3) is 0.190. The van der Waals surface area contributed by atoms with E-state index in [4.69, 9.17) is 25.5 Å². The van der Waals surface area contributed by atoms with Crippen LogP contribution in [0.4, 0.5) is 5.69 Å². The summed E-state index contributed by atoms with van der Waals surface area (Å²) in [6.07, 6.45) is 2.21. The van der Waals surface area contributed by atoms with E-state index in [0.717, 1.165) is 0 Å². The summed E-state index contributed by atoms with van der Waals surface area (Å²) < 4.78 is 17.6. The number of nitrogens with zero attached hydrogens (tertiary/aromatic N) is 2. The molecule has 0 saturated carbocycles. The molecule has 30 heavy (non-hydrogen) atoms. The van der Waals surface area contributed by atoms with E-state index in [2.05, 4.69) is 5.32 Å². The van der Waals surface area contributed by atoms with Gasteiger partial charge in [0.2, 0.25) is 5.88 Å². The van der Waals surface area contributed by atoms with Crippen LogP contribution in [0.1, 0.15) is 28.6 Å². The maximum Gasteiger partial charge on any atom is 0.343 e. The summed E-state index contributed by atoms with van der Waals surface area (Å²) in [6, 6.07) is 10.2. The first-order chi connectivity index (χ1) is 14.3. The molecule has 0 aliphatic rings. The Labute approximate surface area is 177 Å². The highest BCUT2D eigenvalue weighted by atomic mass is 35.5. The van der Waals surface area contributed by atoms with E-state index in [9.17, 15) is 14.9 Å². The van der Waals surface area contributed by atoms with Gasteiger partial charge in [0.25, 0.3) is 5.91 Å². The number of aromatic nitrogens is 1. The van der Waals surface area contributed by atoms with Crippen molar-refractivity contribution < 1.29 is 23.5 Å². The number of rotatable bonds is 6. The Balaban J connectivity index is 1.79. The molecule has 9 heteroatoms. The lowest BCUT2D eigenvalue weighted by Crippen LogP contribution is -2.30. The van der Waals surface area contributed by atoms with Gasteiger partial charge in [0.1, 0.15) is 28.7 Å². The monoisotopic (exact) mass is 427 g/mol. The van der Waals surface area contributed by atoms with Crippen LogP contribution in [0.2, 0.25) is 5.02 Å². The maximum atomic E-state index is 12.7. The Bertz CT molecular complexity index is 1130. The lowest BCUT2D eigenvalue weighted by Gasteiger charge is -2.15. The highest BCUT2D eigenvalue weighted by molar-refractivity contribution is 6.31. The van der Waals surface area contributed by atoms with E-state index in [0.29, 0.717) is 16.5 Å². The first kappa shape index (κ1) is 21.0. The number of amides is 1. The standard InChI is InChI=1S/C21H18ClN3O5/c1-12-18(15(11-23)20(29-12)25-8-4-5-9-25)21(27)30-13(2)19(26)24-16-10-14(22)6-7-17(16)28-3/h4-10,13H,1-3H3,(H,24,26). The Morgan fingerprint density at radius 2 is 2.00 bits per heavy atom. The Morgan fingerprint density at radius 3 is 2.63 bits per heavy atom. The van der Waals surface area contributed by atoms with Crippen LogP contribution in [0.25, 0.3) is 5.88 Å². The number of halogens is 1. The normalized spacial score (nSPS) is 11.4. The topological polar surface area (TPSA) is 106 Å². The van der Waals surface area contributed by atoms with E-state index in [1.165, 1.54) is 20.1 Å². The molecule has 2 aromatic heterocycles. The predicted octanol–water partition coefficient (Wildman–Crippen LogP) is 4.10. The van der Waals surface area contributed by atoms with Crippen molar-refractivity contribution in [1.82, 2.24) is 4.57 Å². The third-order valence-corrected chi connectivity index (χ3v) is 4.53. The second-order valence-corrected chi connectivity index (χ2v) is 6.73. The number of esters is 1. The van der Waals surface area contributed by atoms with E-state index in [1.54, 1.807) is 48.1 Å². The van der Waals surface area contributed by atoms with Gasteiger partial charge >= 0.3 is 5.97 Å². The summed E-state index contributed by atoms with van der Waals surface area (Å²) in [5.74, 6) is -0.613. The van der Waals surface area contributed by atoms with Gasteiger partial charge < -0.3 is 19.2 Å². The van der Waals surface area contributed by atoms with Gasteiger partial charge in [-0.3, -0.25) is 9.36 Å². The van der Waals surface area contributed by atoms with Crippen molar-refractivity contribution in [3.05, 3.63) is 64.6 Å². The van der Waals surface area contributed by atoms with Gasteiger partial charge in [-0.2, -0.15) is 5.26 Å². The number of ether oxygens (including phenoxy) is 2. The molecule has 3 aromatic rings. The molecule has 0 aliphatic carbocycles. The molecule has 0 bridgehead atoms. The zero-order valence-corrected chi connectivity index (χ0v) is 17.2. The summed E-state index contributed by atoms with van der Waals surface area (Å²) in [5.41, 5.74) is 0.337. The van der Waals surface area contributed by atoms with E-state index in [-0.39, 0.29) is 22.8 Å². The first-order valence-electron chi connectivity index (χ1n) is 8.88. The molecule has 1 unspecified atom stereocenters. The van der Waals surface area contributed by atoms with Gasteiger partial charge in [0.15, 0.2) is 6.10 Å². The van der Waals surface area contributed by atoms with Crippen molar-refractivity contribution in [2.75, 3.05) is 12.4 Å². The van der Waals surface area contributed by atoms with Crippen molar-refractivity contribution in [2.24, 2.45) is 0 Å². The Morgan fingerprint density at radius 1 is 1.30 bits per heavy atom. The molecule has 1 aromatic carbocycles. The third-order valence-electron chi connectivity index (χ3n) is 4.29. The molecular formula is C21H18ClN3O5. The quantitative estimate of drug-likeness (QED) is 0.593. The zero-order valence-electron chi connectivity index (χ0n) is 16.4. The van der Waals surface area contributed by atoms with Crippen molar-refractivity contribution in [2.45, 2.75) is 20.0 Å². The van der Waals surface area contributed by atoms with Crippen LogP contribution in [0.15, 0.2) is 47.1 Å². The van der Waals surface area contributed by atoms with Crippen LogP contribution in [-0.4, -0.2) is 29.7 Å². The summed E-state index contributed by atoms with van der Waals surface area (Å²) in [7, 11) is 1.45. The lowest BCUT2D eigenvalue weighted by atomic mass is 10.1. The van der Waals surface area contributed by atoms with Crippen LogP contribution in [0.5, 0.6) is 5.75 Å². The second-order valence-electron chi connectivity index (χ2n) is 6.30. The number of aryl methyl sites for hydroxylation is 1. The van der Waals surface area contributed by atoms with Crippen molar-refractivity contribution in [3.8, 4) is 17.7 Å². The number of carbonyl (C=O) groups excluding carboxylic acids is 2. The largest absolute Gasteiger partial charge is 0.495 e. The van der Waals surface area contributed by atoms with Crippen LogP contribution in [0, 0.1) is 18.3 Å². The number of benzene rings is 1. The molecule has 8 nitrogen and oxygen atoms in total. The number of methoxy groups -OCH3 is 1. The molecule has 0 spiro atoms. The van der Waals surface area contributed by atoms with Gasteiger partial charge in [0, 0.05) is 17.4 Å². The number of nitriles is 1. The van der Waals surface area contributed by atoms with Crippen molar-refractivity contribution in [1.29, 1.82) is 5.26 Å². The van der Waals surface area contributed by atoms with Crippen molar-refractivity contribution >= 4 is 29.2 Å². The second kappa shape index (κ2) is 8.76. The highest BCUT2D eigenvalue weighted by Crippen LogP contribution is 2.29. The smallest absolute Gasteiger partial charge is 0.343 e. The minimum atomic E-state index is -1.16. The lowest BCUT2D eigenvalue weighted by molar-refractivity contribution is -0.123. The van der Waals surface area contributed by atoms with Crippen LogP contribution >= 0.6 is 11.6 Å². The van der Waals surface area contributed by atoms with Gasteiger partial charge in [-0.05, 0) is 44.2 Å². The molecule has 0 radical (unpaired) electrons. The molecule has 2 heterocycles. The molecule has 154 valence electrons. The average Bonchev–Trinajstić information content (AvgIpc) is 3.35. The molecule has 1 N–H and O–H groups in total. The Hall–Kier alpha value is -3.70. The zero-order chi connectivity index (χ0) is 21.8. The van der Waals surface area contributed by atoms with Crippen molar-refractivity contribution in [3.63, 3.8) is 0 Å². The van der Waals surface area contributed by atoms with Crippen LogP contribution in [0.3, 0.4) is 0 Å². The maximum absolute atomic E-state index is 12.7. The van der Waals surface area contributed by atoms with Crippen LogP contribution in [-0.2, 0) is 9.53 Å². The van der Waals surface area contributed by atoms with Gasteiger partial charge in [-0.15, -0.1) is 0 Å². The summed E-state index contributed by atoms with van der Waals surface area (Å²) in [4.78, 5) is 25.2. The Kier molecular flexibility index (Phi) is 6.14.